The van der Waals surface area contributed by atoms with Crippen LogP contribution < -0.4 is 5.73 Å². The molecule has 0 aliphatic carbocycles. The Labute approximate surface area is 98.8 Å². The molecule has 80 valence electrons. The van der Waals surface area contributed by atoms with Crippen LogP contribution in [0.1, 0.15) is 44.7 Å². The van der Waals surface area contributed by atoms with E-state index >= 15 is 0 Å². The van der Waals surface area contributed by atoms with Crippen LogP contribution >= 0.6 is 27.3 Å². The highest BCUT2D eigenvalue weighted by molar-refractivity contribution is 9.11. The van der Waals surface area contributed by atoms with Gasteiger partial charge >= 0.3 is 0 Å². The lowest BCUT2D eigenvalue weighted by Crippen LogP contribution is -2.13. The third-order valence-corrected chi connectivity index (χ3v) is 3.98. The van der Waals surface area contributed by atoms with Crippen LogP contribution in [-0.4, -0.2) is 0 Å². The summed E-state index contributed by atoms with van der Waals surface area (Å²) in [6.45, 7) is 4.51. The Morgan fingerprint density at radius 1 is 1.57 bits per heavy atom. The number of halogens is 1. The van der Waals surface area contributed by atoms with Gasteiger partial charge in [0, 0.05) is 6.04 Å². The van der Waals surface area contributed by atoms with E-state index in [9.17, 15) is 0 Å². The van der Waals surface area contributed by atoms with Crippen LogP contribution in [0.25, 0.3) is 0 Å². The molecule has 2 atom stereocenters. The molecule has 0 bridgehead atoms. The lowest BCUT2D eigenvalue weighted by Gasteiger charge is -2.15. The van der Waals surface area contributed by atoms with Crippen molar-refractivity contribution in [3.63, 3.8) is 0 Å². The summed E-state index contributed by atoms with van der Waals surface area (Å²) in [6.07, 6.45) is 3.62. The van der Waals surface area contributed by atoms with Gasteiger partial charge in [0.05, 0.1) is 3.79 Å². The molecule has 0 spiro atoms. The molecule has 1 aromatic heterocycles. The average molecular weight is 276 g/mol. The van der Waals surface area contributed by atoms with E-state index in [1.807, 2.05) is 0 Å². The fourth-order valence-electron chi connectivity index (χ4n) is 1.70. The highest BCUT2D eigenvalue weighted by atomic mass is 79.9. The third kappa shape index (κ3) is 3.71. The van der Waals surface area contributed by atoms with Crippen LogP contribution in [-0.2, 0) is 0 Å². The van der Waals surface area contributed by atoms with Crippen molar-refractivity contribution in [1.82, 2.24) is 0 Å². The van der Waals surface area contributed by atoms with Crippen molar-refractivity contribution in [1.29, 1.82) is 0 Å². The molecule has 0 aliphatic heterocycles. The standard InChI is InChI=1S/C11H18BrNS/c1-3-4-8(2)5-10(13)9-6-11(12)14-7-9/h6-8,10H,3-5,13H2,1-2H3. The second-order valence-corrected chi connectivity index (χ2v) is 6.21. The summed E-state index contributed by atoms with van der Waals surface area (Å²) < 4.78 is 1.17. The molecule has 0 radical (unpaired) electrons. The molecule has 2 unspecified atom stereocenters. The normalized spacial score (nSPS) is 15.4. The fraction of sp³-hybridized carbons (Fsp3) is 0.636. The first-order chi connectivity index (χ1) is 6.63. The van der Waals surface area contributed by atoms with Crippen LogP contribution in [0.3, 0.4) is 0 Å². The fourth-order valence-corrected chi connectivity index (χ4v) is 2.94. The van der Waals surface area contributed by atoms with Gasteiger partial charge in [-0.1, -0.05) is 26.7 Å². The zero-order valence-electron chi connectivity index (χ0n) is 8.79. The number of hydrogen-bond acceptors (Lipinski definition) is 2. The largest absolute Gasteiger partial charge is 0.324 e. The van der Waals surface area contributed by atoms with Crippen LogP contribution in [0.15, 0.2) is 15.2 Å². The van der Waals surface area contributed by atoms with E-state index in [2.05, 4.69) is 41.2 Å². The molecule has 2 N–H and O–H groups in total. The lowest BCUT2D eigenvalue weighted by atomic mass is 9.95. The molecular weight excluding hydrogens is 258 g/mol. The Balaban J connectivity index is 2.45. The molecule has 1 rings (SSSR count). The second-order valence-electron chi connectivity index (χ2n) is 3.92. The van der Waals surface area contributed by atoms with Crippen molar-refractivity contribution in [2.45, 2.75) is 39.2 Å². The van der Waals surface area contributed by atoms with Crippen LogP contribution in [0.2, 0.25) is 0 Å². The minimum absolute atomic E-state index is 0.207. The highest BCUT2D eigenvalue weighted by Crippen LogP contribution is 2.28. The van der Waals surface area contributed by atoms with E-state index in [0.717, 1.165) is 12.3 Å². The van der Waals surface area contributed by atoms with Gasteiger partial charge in [0.2, 0.25) is 0 Å². The smallest absolute Gasteiger partial charge is 0.0701 e. The van der Waals surface area contributed by atoms with Gasteiger partial charge in [-0.25, -0.2) is 0 Å². The van der Waals surface area contributed by atoms with Gasteiger partial charge in [-0.3, -0.25) is 0 Å². The van der Waals surface area contributed by atoms with Gasteiger partial charge in [0.25, 0.3) is 0 Å². The van der Waals surface area contributed by atoms with E-state index in [4.69, 9.17) is 5.73 Å². The Kier molecular flexibility index (Phi) is 5.13. The second kappa shape index (κ2) is 5.89. The minimum Gasteiger partial charge on any atom is -0.324 e. The van der Waals surface area contributed by atoms with Gasteiger partial charge in [-0.05, 0) is 45.3 Å². The van der Waals surface area contributed by atoms with Gasteiger partial charge in [0.1, 0.15) is 0 Å². The maximum absolute atomic E-state index is 6.13. The molecule has 0 amide bonds. The highest BCUT2D eigenvalue weighted by Gasteiger charge is 2.11. The lowest BCUT2D eigenvalue weighted by molar-refractivity contribution is 0.441. The Bertz CT molecular complexity index is 272. The first kappa shape index (κ1) is 12.2. The van der Waals surface area contributed by atoms with Crippen molar-refractivity contribution in [3.8, 4) is 0 Å². The summed E-state index contributed by atoms with van der Waals surface area (Å²) in [4.78, 5) is 0. The molecule has 0 saturated carbocycles. The van der Waals surface area contributed by atoms with E-state index in [1.54, 1.807) is 11.3 Å². The molecule has 3 heteroatoms. The SMILES string of the molecule is CCCC(C)CC(N)c1csc(Br)c1. The van der Waals surface area contributed by atoms with E-state index in [0.29, 0.717) is 0 Å². The Morgan fingerprint density at radius 2 is 2.29 bits per heavy atom. The van der Waals surface area contributed by atoms with Crippen molar-refractivity contribution in [2.24, 2.45) is 11.7 Å². The van der Waals surface area contributed by atoms with E-state index in [1.165, 1.54) is 22.2 Å². The van der Waals surface area contributed by atoms with E-state index < -0.39 is 0 Å². The number of rotatable bonds is 5. The Hall–Kier alpha value is 0.140. The first-order valence-corrected chi connectivity index (χ1v) is 6.80. The minimum atomic E-state index is 0.207. The van der Waals surface area contributed by atoms with Crippen LogP contribution in [0.4, 0.5) is 0 Å². The van der Waals surface area contributed by atoms with Crippen LogP contribution in [0.5, 0.6) is 0 Å². The summed E-state index contributed by atoms with van der Waals surface area (Å²) >= 11 is 5.17. The number of thiophene rings is 1. The summed E-state index contributed by atoms with van der Waals surface area (Å²) in [5.41, 5.74) is 7.39. The summed E-state index contributed by atoms with van der Waals surface area (Å²) in [7, 11) is 0. The average Bonchev–Trinajstić information content (AvgIpc) is 2.52. The summed E-state index contributed by atoms with van der Waals surface area (Å²) in [6, 6.07) is 2.34. The van der Waals surface area contributed by atoms with Crippen molar-refractivity contribution >= 4 is 27.3 Å². The summed E-state index contributed by atoms with van der Waals surface area (Å²) in [5, 5.41) is 2.15. The quantitative estimate of drug-likeness (QED) is 0.850. The van der Waals surface area contributed by atoms with Gasteiger partial charge in [0.15, 0.2) is 0 Å². The van der Waals surface area contributed by atoms with Crippen molar-refractivity contribution < 1.29 is 0 Å². The Morgan fingerprint density at radius 3 is 2.79 bits per heavy atom. The molecule has 0 aromatic carbocycles. The molecule has 1 heterocycles. The van der Waals surface area contributed by atoms with Crippen LogP contribution in [0, 0.1) is 5.92 Å². The molecular formula is C11H18BrNS. The van der Waals surface area contributed by atoms with E-state index in [-0.39, 0.29) is 6.04 Å². The maximum Gasteiger partial charge on any atom is 0.0701 e. The van der Waals surface area contributed by atoms with Gasteiger partial charge in [-0.2, -0.15) is 0 Å². The monoisotopic (exact) mass is 275 g/mol. The molecule has 0 saturated heterocycles. The predicted octanol–water partition coefficient (Wildman–Crippen LogP) is 4.34. The number of hydrogen-bond donors (Lipinski definition) is 1. The predicted molar refractivity (Wildman–Crippen MR) is 67.6 cm³/mol. The maximum atomic E-state index is 6.13. The molecule has 0 fully saturated rings. The summed E-state index contributed by atoms with van der Waals surface area (Å²) in [5.74, 6) is 0.730. The van der Waals surface area contributed by atoms with Gasteiger partial charge < -0.3 is 5.73 Å². The molecule has 1 nitrogen and oxygen atoms in total. The third-order valence-electron chi connectivity index (χ3n) is 2.45. The zero-order chi connectivity index (χ0) is 10.6. The number of nitrogens with two attached hydrogens (primary N) is 1. The van der Waals surface area contributed by atoms with Gasteiger partial charge in [-0.15, -0.1) is 11.3 Å². The van der Waals surface area contributed by atoms with Crippen molar-refractivity contribution in [3.05, 3.63) is 20.8 Å². The topological polar surface area (TPSA) is 26.0 Å². The molecule has 0 aliphatic rings. The molecule has 14 heavy (non-hydrogen) atoms. The molecule has 1 aromatic rings. The van der Waals surface area contributed by atoms with Crippen molar-refractivity contribution in [2.75, 3.05) is 0 Å². The zero-order valence-corrected chi connectivity index (χ0v) is 11.2. The first-order valence-electron chi connectivity index (χ1n) is 5.13.